The van der Waals surface area contributed by atoms with E-state index in [1.165, 1.54) is 35.0 Å². The van der Waals surface area contributed by atoms with Crippen LogP contribution in [0.15, 0.2) is 83.9 Å². The maximum atomic E-state index is 13.6. The number of likely N-dealkylation sites (N-methyl/N-ethyl adjacent to an activating group) is 1. The highest BCUT2D eigenvalue weighted by atomic mass is 19.1. The maximum absolute atomic E-state index is 13.6. The van der Waals surface area contributed by atoms with Crippen molar-refractivity contribution in [2.45, 2.75) is 26.1 Å². The number of aliphatic hydroxyl groups excluding tert-OH is 1. The van der Waals surface area contributed by atoms with Crippen molar-refractivity contribution in [3.05, 3.63) is 118 Å². The first kappa shape index (κ1) is 26.6. The van der Waals surface area contributed by atoms with Gasteiger partial charge in [0.25, 0.3) is 5.56 Å². The molecule has 0 unspecified atom stereocenters. The Morgan fingerprint density at radius 1 is 1.00 bits per heavy atom. The van der Waals surface area contributed by atoms with Gasteiger partial charge in [-0.2, -0.15) is 0 Å². The van der Waals surface area contributed by atoms with Gasteiger partial charge in [-0.15, -0.1) is 0 Å². The Kier molecular flexibility index (Phi) is 8.20. The molecule has 4 rings (SSSR count). The van der Waals surface area contributed by atoms with Crippen molar-refractivity contribution in [2.24, 2.45) is 0 Å². The number of aliphatic hydroxyl groups is 1. The summed E-state index contributed by atoms with van der Waals surface area (Å²) in [5.74, 6) is -1.13. The molecule has 0 spiro atoms. The fourth-order valence-corrected chi connectivity index (χ4v) is 3.93. The summed E-state index contributed by atoms with van der Waals surface area (Å²) >= 11 is 0. The van der Waals surface area contributed by atoms with E-state index in [4.69, 9.17) is 0 Å². The quantitative estimate of drug-likeness (QED) is 0.295. The van der Waals surface area contributed by atoms with E-state index >= 15 is 0 Å². The average Bonchev–Trinajstić information content (AvgIpc) is 2.94. The molecule has 38 heavy (non-hydrogen) atoms. The number of halogens is 1. The molecule has 1 amide bonds. The van der Waals surface area contributed by atoms with Crippen molar-refractivity contribution in [1.82, 2.24) is 14.9 Å². The zero-order valence-corrected chi connectivity index (χ0v) is 20.9. The molecule has 0 saturated carbocycles. The highest BCUT2D eigenvalue weighted by Gasteiger charge is 2.17. The molecule has 2 aromatic heterocycles. The number of anilines is 1. The maximum Gasteiger partial charge on any atom is 0.275 e. The van der Waals surface area contributed by atoms with Crippen molar-refractivity contribution in [3.8, 4) is 11.3 Å². The summed E-state index contributed by atoms with van der Waals surface area (Å²) in [6.45, 7) is 1.57. The van der Waals surface area contributed by atoms with Crippen LogP contribution in [0, 0.1) is 5.82 Å². The Morgan fingerprint density at radius 2 is 1.76 bits per heavy atom. The number of nitrogens with one attached hydrogen (secondary N) is 2. The van der Waals surface area contributed by atoms with Gasteiger partial charge in [0.15, 0.2) is 5.78 Å². The van der Waals surface area contributed by atoms with Crippen LogP contribution >= 0.6 is 0 Å². The number of aromatic nitrogens is 2. The SMILES string of the molecule is CN[C@@H](C)C(=O)Nc1ccc(-c2cccc(CO)c2)n(Cc2cncc(C(=O)c3ccc(F)cc3)c2)c1=O. The van der Waals surface area contributed by atoms with Gasteiger partial charge in [0.05, 0.1) is 24.9 Å². The lowest BCUT2D eigenvalue weighted by molar-refractivity contribution is -0.117. The molecule has 3 N–H and O–H groups in total. The summed E-state index contributed by atoms with van der Waals surface area (Å²) in [5, 5.41) is 15.1. The van der Waals surface area contributed by atoms with E-state index in [-0.39, 0.29) is 30.5 Å². The highest BCUT2D eigenvalue weighted by Crippen LogP contribution is 2.22. The average molecular weight is 515 g/mol. The standard InChI is InChI=1S/C29H27FN4O4/c1-18(31-2)28(37)33-25-10-11-26(22-5-3-4-19(12-22)17-35)34(29(25)38)16-20-13-23(15-32-14-20)27(36)21-6-8-24(30)9-7-21/h3-15,18,31,35H,16-17H2,1-2H3,(H,33,37)/t18-/m0/s1. The van der Waals surface area contributed by atoms with Gasteiger partial charge in [0.1, 0.15) is 11.5 Å². The smallest absolute Gasteiger partial charge is 0.275 e. The predicted molar refractivity (Wildman–Crippen MR) is 142 cm³/mol. The zero-order chi connectivity index (χ0) is 27.2. The van der Waals surface area contributed by atoms with Crippen LogP contribution in [0.4, 0.5) is 10.1 Å². The van der Waals surface area contributed by atoms with E-state index in [9.17, 15) is 23.9 Å². The molecule has 0 saturated heterocycles. The zero-order valence-electron chi connectivity index (χ0n) is 20.9. The summed E-state index contributed by atoms with van der Waals surface area (Å²) in [4.78, 5) is 43.2. The fourth-order valence-electron chi connectivity index (χ4n) is 3.93. The molecule has 4 aromatic rings. The van der Waals surface area contributed by atoms with Gasteiger partial charge in [-0.3, -0.25) is 19.4 Å². The summed E-state index contributed by atoms with van der Waals surface area (Å²) in [6.07, 6.45) is 2.97. The number of carbonyl (C=O) groups is 2. The molecular formula is C29H27FN4O4. The molecule has 2 aromatic carbocycles. The van der Waals surface area contributed by atoms with E-state index < -0.39 is 17.4 Å². The second-order valence-corrected chi connectivity index (χ2v) is 8.80. The molecule has 0 fully saturated rings. The van der Waals surface area contributed by atoms with E-state index in [1.54, 1.807) is 56.6 Å². The van der Waals surface area contributed by atoms with Crippen molar-refractivity contribution >= 4 is 17.4 Å². The van der Waals surface area contributed by atoms with E-state index in [0.717, 1.165) is 0 Å². The molecule has 0 aliphatic heterocycles. The normalized spacial score (nSPS) is 11.7. The number of carbonyl (C=O) groups excluding carboxylic acids is 2. The third kappa shape index (κ3) is 5.91. The van der Waals surface area contributed by atoms with Crippen molar-refractivity contribution in [1.29, 1.82) is 0 Å². The highest BCUT2D eigenvalue weighted by molar-refractivity contribution is 6.08. The van der Waals surface area contributed by atoms with Gasteiger partial charge in [-0.25, -0.2) is 4.39 Å². The monoisotopic (exact) mass is 514 g/mol. The molecule has 0 aliphatic rings. The molecule has 1 atom stereocenters. The number of benzene rings is 2. The second kappa shape index (κ2) is 11.7. The van der Waals surface area contributed by atoms with E-state index in [0.29, 0.717) is 33.5 Å². The lowest BCUT2D eigenvalue weighted by Crippen LogP contribution is -2.37. The first-order valence-corrected chi connectivity index (χ1v) is 12.0. The Bertz CT molecular complexity index is 1530. The van der Waals surface area contributed by atoms with Crippen molar-refractivity contribution in [3.63, 3.8) is 0 Å². The molecule has 194 valence electrons. The van der Waals surface area contributed by atoms with Gasteiger partial charge >= 0.3 is 0 Å². The number of amides is 1. The third-order valence-electron chi connectivity index (χ3n) is 6.17. The van der Waals surface area contributed by atoms with Crippen molar-refractivity contribution < 1.29 is 19.1 Å². The molecule has 0 aliphatic carbocycles. The molecular weight excluding hydrogens is 487 g/mol. The van der Waals surface area contributed by atoms with Gasteiger partial charge < -0.3 is 20.3 Å². The van der Waals surface area contributed by atoms with E-state index in [2.05, 4.69) is 15.6 Å². The van der Waals surface area contributed by atoms with Gasteiger partial charge in [-0.1, -0.05) is 18.2 Å². The number of rotatable bonds is 9. The number of hydrogen-bond acceptors (Lipinski definition) is 6. The topological polar surface area (TPSA) is 113 Å². The molecule has 0 bridgehead atoms. The van der Waals surface area contributed by atoms with Crippen LogP contribution in [0.2, 0.25) is 0 Å². The van der Waals surface area contributed by atoms with Crippen LogP contribution in [0.1, 0.15) is 34.0 Å². The van der Waals surface area contributed by atoms with Crippen LogP contribution in [0.25, 0.3) is 11.3 Å². The molecule has 9 heteroatoms. The first-order chi connectivity index (χ1) is 18.3. The molecule has 2 heterocycles. The minimum atomic E-state index is -0.512. The van der Waals surface area contributed by atoms with Crippen LogP contribution in [-0.2, 0) is 17.9 Å². The lowest BCUT2D eigenvalue weighted by Gasteiger charge is -2.17. The summed E-state index contributed by atoms with van der Waals surface area (Å²) in [7, 11) is 1.65. The number of pyridine rings is 2. The summed E-state index contributed by atoms with van der Waals surface area (Å²) < 4.78 is 14.8. The van der Waals surface area contributed by atoms with Crippen molar-refractivity contribution in [2.75, 3.05) is 12.4 Å². The van der Waals surface area contributed by atoms with E-state index in [1.807, 2.05) is 6.07 Å². The van der Waals surface area contributed by atoms with Crippen LogP contribution < -0.4 is 16.2 Å². The largest absolute Gasteiger partial charge is 0.392 e. The Balaban J connectivity index is 1.76. The van der Waals surface area contributed by atoms with Gasteiger partial charge in [0, 0.05) is 23.5 Å². The van der Waals surface area contributed by atoms with Crippen LogP contribution in [-0.4, -0.2) is 39.4 Å². The Labute approximate surface area is 218 Å². The minimum Gasteiger partial charge on any atom is -0.392 e. The second-order valence-electron chi connectivity index (χ2n) is 8.80. The lowest BCUT2D eigenvalue weighted by atomic mass is 10.0. The number of hydrogen-bond donors (Lipinski definition) is 3. The number of nitrogens with zero attached hydrogens (tertiary/aromatic N) is 2. The van der Waals surface area contributed by atoms with Crippen LogP contribution in [0.3, 0.4) is 0 Å². The minimum absolute atomic E-state index is 0.0559. The third-order valence-corrected chi connectivity index (χ3v) is 6.17. The predicted octanol–water partition coefficient (Wildman–Crippen LogP) is 3.37. The summed E-state index contributed by atoms with van der Waals surface area (Å²) in [5.41, 5.74) is 2.77. The number of ketones is 1. The fraction of sp³-hybridized carbons (Fsp3) is 0.172. The molecule has 8 nitrogen and oxygen atoms in total. The summed E-state index contributed by atoms with van der Waals surface area (Å²) in [6, 6.07) is 16.8. The van der Waals surface area contributed by atoms with Gasteiger partial charge in [-0.05, 0) is 79.2 Å². The Hall–Kier alpha value is -4.47. The molecule has 0 radical (unpaired) electrons. The van der Waals surface area contributed by atoms with Crippen LogP contribution in [0.5, 0.6) is 0 Å². The Morgan fingerprint density at radius 3 is 2.47 bits per heavy atom. The van der Waals surface area contributed by atoms with Gasteiger partial charge in [0.2, 0.25) is 5.91 Å². The first-order valence-electron chi connectivity index (χ1n) is 12.0.